The summed E-state index contributed by atoms with van der Waals surface area (Å²) >= 11 is 0. The van der Waals surface area contributed by atoms with E-state index in [1.54, 1.807) is 0 Å². The van der Waals surface area contributed by atoms with Crippen LogP contribution in [0.3, 0.4) is 0 Å². The third-order valence-electron chi connectivity index (χ3n) is 3.66. The van der Waals surface area contributed by atoms with Gasteiger partial charge in [0.25, 0.3) is 5.91 Å². The van der Waals surface area contributed by atoms with E-state index >= 15 is 0 Å². The van der Waals surface area contributed by atoms with Gasteiger partial charge in [-0.05, 0) is 43.6 Å². The van der Waals surface area contributed by atoms with Crippen molar-refractivity contribution in [2.24, 2.45) is 5.73 Å². The third kappa shape index (κ3) is 5.46. The van der Waals surface area contributed by atoms with Crippen LogP contribution in [-0.4, -0.2) is 56.7 Å². The summed E-state index contributed by atoms with van der Waals surface area (Å²) in [6.45, 7) is 5.95. The van der Waals surface area contributed by atoms with Crippen molar-refractivity contribution in [1.29, 1.82) is 0 Å². The van der Waals surface area contributed by atoms with Gasteiger partial charge < -0.3 is 15.8 Å². The van der Waals surface area contributed by atoms with E-state index in [4.69, 9.17) is 10.5 Å². The quantitative estimate of drug-likeness (QED) is 0.724. The first-order chi connectivity index (χ1) is 10.3. The largest absolute Gasteiger partial charge is 0.379 e. The molecule has 1 aromatic rings. The van der Waals surface area contributed by atoms with E-state index in [-0.39, 0.29) is 5.91 Å². The van der Waals surface area contributed by atoms with Gasteiger partial charge in [0, 0.05) is 25.2 Å². The van der Waals surface area contributed by atoms with E-state index in [0.29, 0.717) is 18.7 Å². The Kier molecular flexibility index (Phi) is 6.66. The smallest absolute Gasteiger partial charge is 0.251 e. The molecule has 0 aliphatic carbocycles. The first kappa shape index (κ1) is 15.9. The van der Waals surface area contributed by atoms with Gasteiger partial charge in [-0.3, -0.25) is 9.69 Å². The lowest BCUT2D eigenvalue weighted by molar-refractivity contribution is 0.0374. The molecule has 1 aromatic carbocycles. The normalized spacial score (nSPS) is 15.9. The Labute approximate surface area is 126 Å². The molecule has 1 aliphatic rings. The number of hydrogen-bond acceptors (Lipinski definition) is 4. The highest BCUT2D eigenvalue weighted by molar-refractivity contribution is 5.94. The van der Waals surface area contributed by atoms with E-state index in [0.717, 1.165) is 51.3 Å². The minimum Gasteiger partial charge on any atom is -0.379 e. The zero-order valence-corrected chi connectivity index (χ0v) is 12.5. The minimum atomic E-state index is -0.00384. The molecular formula is C16H25N3O2. The fourth-order valence-corrected chi connectivity index (χ4v) is 2.47. The standard InChI is InChI=1S/C16H25N3O2/c17-6-5-14-3-1-4-15(13-14)16(20)18-7-2-8-19-9-11-21-12-10-19/h1,3-4,13H,2,5-12,17H2,(H,18,20). The number of ether oxygens (including phenoxy) is 1. The highest BCUT2D eigenvalue weighted by atomic mass is 16.5. The van der Waals surface area contributed by atoms with Crippen molar-refractivity contribution in [2.45, 2.75) is 12.8 Å². The maximum atomic E-state index is 12.1. The van der Waals surface area contributed by atoms with Crippen LogP contribution < -0.4 is 11.1 Å². The molecule has 2 rings (SSSR count). The van der Waals surface area contributed by atoms with Gasteiger partial charge in [0.2, 0.25) is 0 Å². The number of nitrogens with two attached hydrogens (primary N) is 1. The molecule has 1 fully saturated rings. The average molecular weight is 291 g/mol. The molecule has 0 radical (unpaired) electrons. The molecule has 3 N–H and O–H groups in total. The van der Waals surface area contributed by atoms with Crippen molar-refractivity contribution < 1.29 is 9.53 Å². The molecule has 0 unspecified atom stereocenters. The van der Waals surface area contributed by atoms with Crippen LogP contribution in [-0.2, 0) is 11.2 Å². The molecule has 116 valence electrons. The fraction of sp³-hybridized carbons (Fsp3) is 0.562. The van der Waals surface area contributed by atoms with E-state index in [1.165, 1.54) is 0 Å². The zero-order chi connectivity index (χ0) is 14.9. The first-order valence-electron chi connectivity index (χ1n) is 7.67. The van der Waals surface area contributed by atoms with Crippen LogP contribution in [0, 0.1) is 0 Å². The topological polar surface area (TPSA) is 67.6 Å². The second-order valence-electron chi connectivity index (χ2n) is 5.30. The Bertz CT molecular complexity index is 445. The molecular weight excluding hydrogens is 266 g/mol. The summed E-state index contributed by atoms with van der Waals surface area (Å²) in [7, 11) is 0. The van der Waals surface area contributed by atoms with Gasteiger partial charge in [-0.1, -0.05) is 12.1 Å². The van der Waals surface area contributed by atoms with Crippen molar-refractivity contribution in [3.05, 3.63) is 35.4 Å². The maximum Gasteiger partial charge on any atom is 0.251 e. The zero-order valence-electron chi connectivity index (χ0n) is 12.5. The van der Waals surface area contributed by atoms with E-state index in [1.807, 2.05) is 24.3 Å². The van der Waals surface area contributed by atoms with Crippen LogP contribution in [0.15, 0.2) is 24.3 Å². The minimum absolute atomic E-state index is 0.00384. The number of morpholine rings is 1. The Morgan fingerprint density at radius 1 is 1.33 bits per heavy atom. The van der Waals surface area contributed by atoms with Gasteiger partial charge >= 0.3 is 0 Å². The summed E-state index contributed by atoms with van der Waals surface area (Å²) in [5.74, 6) is -0.00384. The molecule has 1 saturated heterocycles. The first-order valence-corrected chi connectivity index (χ1v) is 7.67. The summed E-state index contributed by atoms with van der Waals surface area (Å²) < 4.78 is 5.31. The number of rotatable bonds is 7. The third-order valence-corrected chi connectivity index (χ3v) is 3.66. The van der Waals surface area contributed by atoms with Gasteiger partial charge in [-0.2, -0.15) is 0 Å². The summed E-state index contributed by atoms with van der Waals surface area (Å²) in [6, 6.07) is 7.68. The van der Waals surface area contributed by atoms with Crippen LogP contribution in [0.1, 0.15) is 22.3 Å². The van der Waals surface area contributed by atoms with Crippen LogP contribution in [0.25, 0.3) is 0 Å². The average Bonchev–Trinajstić information content (AvgIpc) is 2.53. The highest BCUT2D eigenvalue weighted by Gasteiger charge is 2.10. The molecule has 1 heterocycles. The summed E-state index contributed by atoms with van der Waals surface area (Å²) in [6.07, 6.45) is 1.77. The van der Waals surface area contributed by atoms with Gasteiger partial charge in [0.1, 0.15) is 0 Å². The van der Waals surface area contributed by atoms with Gasteiger partial charge in [-0.15, -0.1) is 0 Å². The highest BCUT2D eigenvalue weighted by Crippen LogP contribution is 2.06. The predicted octanol–water partition coefficient (Wildman–Crippen LogP) is 0.640. The number of hydrogen-bond donors (Lipinski definition) is 2. The van der Waals surface area contributed by atoms with Gasteiger partial charge in [-0.25, -0.2) is 0 Å². The number of amides is 1. The number of nitrogens with one attached hydrogen (secondary N) is 1. The number of carbonyl (C=O) groups excluding carboxylic acids is 1. The van der Waals surface area contributed by atoms with Crippen molar-refractivity contribution >= 4 is 5.91 Å². The van der Waals surface area contributed by atoms with Gasteiger partial charge in [0.15, 0.2) is 0 Å². The molecule has 0 spiro atoms. The molecule has 0 saturated carbocycles. The van der Waals surface area contributed by atoms with Crippen molar-refractivity contribution in [3.63, 3.8) is 0 Å². The molecule has 0 atom stereocenters. The maximum absolute atomic E-state index is 12.1. The molecule has 5 nitrogen and oxygen atoms in total. The molecule has 0 aromatic heterocycles. The number of benzene rings is 1. The van der Waals surface area contributed by atoms with Crippen molar-refractivity contribution in [3.8, 4) is 0 Å². The second kappa shape index (κ2) is 8.77. The summed E-state index contributed by atoms with van der Waals surface area (Å²) in [5, 5.41) is 2.98. The van der Waals surface area contributed by atoms with Crippen molar-refractivity contribution in [1.82, 2.24) is 10.2 Å². The van der Waals surface area contributed by atoms with Crippen LogP contribution in [0.2, 0.25) is 0 Å². The lowest BCUT2D eigenvalue weighted by Gasteiger charge is -2.26. The van der Waals surface area contributed by atoms with Crippen LogP contribution >= 0.6 is 0 Å². The van der Waals surface area contributed by atoms with E-state index in [9.17, 15) is 4.79 Å². The second-order valence-corrected chi connectivity index (χ2v) is 5.30. The molecule has 0 bridgehead atoms. The van der Waals surface area contributed by atoms with E-state index < -0.39 is 0 Å². The predicted molar refractivity (Wildman–Crippen MR) is 83.4 cm³/mol. The van der Waals surface area contributed by atoms with Crippen LogP contribution in [0.4, 0.5) is 0 Å². The molecule has 1 amide bonds. The summed E-state index contributed by atoms with van der Waals surface area (Å²) in [4.78, 5) is 14.4. The number of carbonyl (C=O) groups is 1. The van der Waals surface area contributed by atoms with E-state index in [2.05, 4.69) is 10.2 Å². The number of nitrogens with zero attached hydrogens (tertiary/aromatic N) is 1. The lowest BCUT2D eigenvalue weighted by Crippen LogP contribution is -2.38. The fourth-order valence-electron chi connectivity index (χ4n) is 2.47. The Morgan fingerprint density at radius 2 is 2.14 bits per heavy atom. The Morgan fingerprint density at radius 3 is 2.90 bits per heavy atom. The van der Waals surface area contributed by atoms with Crippen LogP contribution in [0.5, 0.6) is 0 Å². The van der Waals surface area contributed by atoms with Crippen molar-refractivity contribution in [2.75, 3.05) is 45.9 Å². The lowest BCUT2D eigenvalue weighted by atomic mass is 10.1. The molecule has 21 heavy (non-hydrogen) atoms. The SMILES string of the molecule is NCCc1cccc(C(=O)NCCCN2CCOCC2)c1. The molecule has 1 aliphatic heterocycles. The monoisotopic (exact) mass is 291 g/mol. The summed E-state index contributed by atoms with van der Waals surface area (Å²) in [5.41, 5.74) is 7.37. The Hall–Kier alpha value is -1.43. The van der Waals surface area contributed by atoms with Gasteiger partial charge in [0.05, 0.1) is 13.2 Å². The Balaban J connectivity index is 1.70. The molecule has 5 heteroatoms.